The van der Waals surface area contributed by atoms with Crippen molar-refractivity contribution in [3.05, 3.63) is 47.7 Å². The molecule has 102 valence electrons. The van der Waals surface area contributed by atoms with Crippen molar-refractivity contribution in [1.29, 1.82) is 0 Å². The molecule has 3 rings (SSSR count). The Morgan fingerprint density at radius 1 is 1.25 bits per heavy atom. The molecule has 2 heterocycles. The largest absolute Gasteiger partial charge is 0.313 e. The van der Waals surface area contributed by atoms with E-state index >= 15 is 0 Å². The number of pyridine rings is 1. The molecule has 0 spiro atoms. The molecule has 5 heteroatoms. The SMILES string of the molecule is CCNCc1cnc(-n2nnc3ccccc32)c(C)c1. The number of hydrogen-bond donors (Lipinski definition) is 1. The van der Waals surface area contributed by atoms with E-state index in [2.05, 4.69) is 33.6 Å². The molecule has 0 bridgehead atoms. The molecule has 0 aliphatic carbocycles. The Morgan fingerprint density at radius 3 is 2.90 bits per heavy atom. The Morgan fingerprint density at radius 2 is 2.10 bits per heavy atom. The van der Waals surface area contributed by atoms with Crippen LogP contribution in [0.4, 0.5) is 0 Å². The maximum atomic E-state index is 4.54. The van der Waals surface area contributed by atoms with Crippen LogP contribution in [0.25, 0.3) is 16.9 Å². The molecule has 0 fully saturated rings. The van der Waals surface area contributed by atoms with Crippen LogP contribution in [-0.2, 0) is 6.54 Å². The third-order valence-electron chi connectivity index (χ3n) is 3.24. The number of rotatable bonds is 4. The second-order valence-corrected chi connectivity index (χ2v) is 4.75. The highest BCUT2D eigenvalue weighted by atomic mass is 15.4. The first-order valence-corrected chi connectivity index (χ1v) is 6.76. The van der Waals surface area contributed by atoms with Crippen LogP contribution in [0.15, 0.2) is 36.5 Å². The van der Waals surface area contributed by atoms with Crippen LogP contribution in [0.5, 0.6) is 0 Å². The Labute approximate surface area is 117 Å². The summed E-state index contributed by atoms with van der Waals surface area (Å²) in [5.41, 5.74) is 4.13. The molecule has 0 saturated carbocycles. The first kappa shape index (κ1) is 12.7. The lowest BCUT2D eigenvalue weighted by Crippen LogP contribution is -2.13. The Bertz CT molecular complexity index is 732. The van der Waals surface area contributed by atoms with Crippen LogP contribution >= 0.6 is 0 Å². The van der Waals surface area contributed by atoms with Crippen molar-refractivity contribution in [1.82, 2.24) is 25.3 Å². The van der Waals surface area contributed by atoms with Crippen molar-refractivity contribution in [2.24, 2.45) is 0 Å². The minimum atomic E-state index is 0.832. The molecule has 5 nitrogen and oxygen atoms in total. The summed E-state index contributed by atoms with van der Waals surface area (Å²) >= 11 is 0. The van der Waals surface area contributed by atoms with Gasteiger partial charge in [0.1, 0.15) is 5.52 Å². The van der Waals surface area contributed by atoms with Gasteiger partial charge >= 0.3 is 0 Å². The number of para-hydroxylation sites is 1. The monoisotopic (exact) mass is 267 g/mol. The highest BCUT2D eigenvalue weighted by Crippen LogP contribution is 2.17. The van der Waals surface area contributed by atoms with E-state index in [4.69, 9.17) is 0 Å². The van der Waals surface area contributed by atoms with Gasteiger partial charge in [-0.25, -0.2) is 4.98 Å². The molecular formula is C15H17N5. The van der Waals surface area contributed by atoms with Gasteiger partial charge in [0.25, 0.3) is 0 Å². The average Bonchev–Trinajstić information content (AvgIpc) is 2.89. The van der Waals surface area contributed by atoms with E-state index in [0.717, 1.165) is 35.5 Å². The highest BCUT2D eigenvalue weighted by Gasteiger charge is 2.09. The Kier molecular flexibility index (Phi) is 3.43. The third-order valence-corrected chi connectivity index (χ3v) is 3.24. The van der Waals surface area contributed by atoms with Gasteiger partial charge < -0.3 is 5.32 Å². The summed E-state index contributed by atoms with van der Waals surface area (Å²) in [5.74, 6) is 0.832. The molecule has 1 N–H and O–H groups in total. The lowest BCUT2D eigenvalue weighted by atomic mass is 10.2. The zero-order chi connectivity index (χ0) is 13.9. The number of hydrogen-bond acceptors (Lipinski definition) is 4. The second kappa shape index (κ2) is 5.38. The zero-order valence-corrected chi connectivity index (χ0v) is 11.7. The average molecular weight is 267 g/mol. The summed E-state index contributed by atoms with van der Waals surface area (Å²) in [6.07, 6.45) is 1.89. The van der Waals surface area contributed by atoms with E-state index in [9.17, 15) is 0 Å². The van der Waals surface area contributed by atoms with E-state index in [1.807, 2.05) is 37.4 Å². The van der Waals surface area contributed by atoms with Crippen LogP contribution in [0.1, 0.15) is 18.1 Å². The number of aromatic nitrogens is 4. The summed E-state index contributed by atoms with van der Waals surface area (Å²) in [5, 5.41) is 11.7. The van der Waals surface area contributed by atoms with E-state index in [-0.39, 0.29) is 0 Å². The van der Waals surface area contributed by atoms with Gasteiger partial charge in [-0.05, 0) is 42.8 Å². The predicted molar refractivity (Wildman–Crippen MR) is 78.8 cm³/mol. The number of benzene rings is 1. The molecule has 0 saturated heterocycles. The fourth-order valence-electron chi connectivity index (χ4n) is 2.24. The molecule has 20 heavy (non-hydrogen) atoms. The van der Waals surface area contributed by atoms with Gasteiger partial charge in [-0.3, -0.25) is 0 Å². The second-order valence-electron chi connectivity index (χ2n) is 4.75. The molecule has 3 aromatic rings. The molecule has 0 unspecified atom stereocenters. The lowest BCUT2D eigenvalue weighted by Gasteiger charge is -2.08. The zero-order valence-electron chi connectivity index (χ0n) is 11.7. The number of fused-ring (bicyclic) bond motifs is 1. The van der Waals surface area contributed by atoms with Crippen LogP contribution in [-0.4, -0.2) is 26.5 Å². The number of aryl methyl sites for hydroxylation is 1. The van der Waals surface area contributed by atoms with Crippen molar-refractivity contribution < 1.29 is 0 Å². The van der Waals surface area contributed by atoms with Crippen molar-refractivity contribution in [2.75, 3.05) is 6.54 Å². The summed E-state index contributed by atoms with van der Waals surface area (Å²) in [6.45, 7) is 5.93. The van der Waals surface area contributed by atoms with Crippen molar-refractivity contribution >= 4 is 11.0 Å². The van der Waals surface area contributed by atoms with Crippen molar-refractivity contribution in [3.63, 3.8) is 0 Å². The molecule has 0 amide bonds. The standard InChI is InChI=1S/C15H17N5/c1-3-16-9-12-8-11(2)15(17-10-12)20-14-7-5-4-6-13(14)18-19-20/h4-8,10,16H,3,9H2,1-2H3. The first-order valence-electron chi connectivity index (χ1n) is 6.76. The Hall–Kier alpha value is -2.27. The van der Waals surface area contributed by atoms with Gasteiger partial charge in [0.2, 0.25) is 0 Å². The van der Waals surface area contributed by atoms with Crippen LogP contribution in [0, 0.1) is 6.92 Å². The molecule has 0 aliphatic rings. The molecule has 2 aromatic heterocycles. The molecule has 1 aromatic carbocycles. The van der Waals surface area contributed by atoms with Gasteiger partial charge in [0.15, 0.2) is 5.82 Å². The van der Waals surface area contributed by atoms with Crippen LogP contribution in [0.3, 0.4) is 0 Å². The van der Waals surface area contributed by atoms with Crippen LogP contribution in [0.2, 0.25) is 0 Å². The van der Waals surface area contributed by atoms with Gasteiger partial charge in [-0.2, -0.15) is 4.68 Å². The van der Waals surface area contributed by atoms with E-state index in [1.165, 1.54) is 5.56 Å². The van der Waals surface area contributed by atoms with Gasteiger partial charge in [0.05, 0.1) is 5.52 Å². The quantitative estimate of drug-likeness (QED) is 0.787. The van der Waals surface area contributed by atoms with Gasteiger partial charge in [-0.15, -0.1) is 5.10 Å². The van der Waals surface area contributed by atoms with Crippen molar-refractivity contribution in [3.8, 4) is 5.82 Å². The summed E-state index contributed by atoms with van der Waals surface area (Å²) in [4.78, 5) is 4.54. The van der Waals surface area contributed by atoms with E-state index in [0.29, 0.717) is 0 Å². The molecule has 0 aliphatic heterocycles. The normalized spacial score (nSPS) is 11.1. The highest BCUT2D eigenvalue weighted by molar-refractivity contribution is 5.75. The van der Waals surface area contributed by atoms with E-state index in [1.54, 1.807) is 4.68 Å². The molecular weight excluding hydrogens is 250 g/mol. The lowest BCUT2D eigenvalue weighted by molar-refractivity contribution is 0.720. The topological polar surface area (TPSA) is 55.6 Å². The van der Waals surface area contributed by atoms with Crippen molar-refractivity contribution in [2.45, 2.75) is 20.4 Å². The minimum absolute atomic E-state index is 0.832. The Balaban J connectivity index is 2.02. The minimum Gasteiger partial charge on any atom is -0.313 e. The fourth-order valence-corrected chi connectivity index (χ4v) is 2.24. The maximum absolute atomic E-state index is 4.54. The molecule has 0 atom stereocenters. The van der Waals surface area contributed by atoms with Gasteiger partial charge in [0, 0.05) is 12.7 Å². The smallest absolute Gasteiger partial charge is 0.158 e. The van der Waals surface area contributed by atoms with Gasteiger partial charge in [-0.1, -0.05) is 24.3 Å². The first-order chi connectivity index (χ1) is 9.79. The number of nitrogens with zero attached hydrogens (tertiary/aromatic N) is 4. The predicted octanol–water partition coefficient (Wildman–Crippen LogP) is 2.23. The fraction of sp³-hybridized carbons (Fsp3) is 0.267. The number of nitrogens with one attached hydrogen (secondary N) is 1. The van der Waals surface area contributed by atoms with Crippen LogP contribution < -0.4 is 5.32 Å². The summed E-state index contributed by atoms with van der Waals surface area (Å²) < 4.78 is 1.79. The maximum Gasteiger partial charge on any atom is 0.158 e. The summed E-state index contributed by atoms with van der Waals surface area (Å²) in [6, 6.07) is 10.0. The van der Waals surface area contributed by atoms with E-state index < -0.39 is 0 Å². The molecule has 0 radical (unpaired) electrons. The third kappa shape index (κ3) is 2.28. The summed E-state index contributed by atoms with van der Waals surface area (Å²) in [7, 11) is 0.